The van der Waals surface area contributed by atoms with Crippen LogP contribution < -0.4 is 10.1 Å². The fourth-order valence-corrected chi connectivity index (χ4v) is 2.94. The van der Waals surface area contributed by atoms with Crippen LogP contribution in [0, 0.1) is 11.6 Å². The first-order valence-corrected chi connectivity index (χ1v) is 7.11. The Balaban J connectivity index is 2.04. The molecule has 0 saturated heterocycles. The molecule has 3 rings (SSSR count). The zero-order valence-electron chi connectivity index (χ0n) is 11.8. The largest absolute Gasteiger partial charge is 0.493 e. The van der Waals surface area contributed by atoms with Crippen LogP contribution in [0.25, 0.3) is 0 Å². The highest BCUT2D eigenvalue weighted by Gasteiger charge is 2.34. The molecule has 0 amide bonds. The number of nitrogens with one attached hydrogen (secondary N) is 1. The average molecular weight is 289 g/mol. The lowest BCUT2D eigenvalue weighted by molar-refractivity contribution is 0.295. The Bertz CT molecular complexity index is 624. The van der Waals surface area contributed by atoms with Gasteiger partial charge in [-0.15, -0.1) is 0 Å². The first kappa shape index (κ1) is 14.0. The number of halogens is 2. The van der Waals surface area contributed by atoms with E-state index < -0.39 is 17.7 Å². The second kappa shape index (κ2) is 5.82. The molecule has 21 heavy (non-hydrogen) atoms. The lowest BCUT2D eigenvalue weighted by Crippen LogP contribution is -2.29. The van der Waals surface area contributed by atoms with Gasteiger partial charge in [0.25, 0.3) is 0 Å². The van der Waals surface area contributed by atoms with Crippen molar-refractivity contribution in [2.24, 2.45) is 0 Å². The quantitative estimate of drug-likeness (QED) is 0.924. The standard InChI is InChI=1S/C17H17F2NO/c1-2-20-17(16-13(18)7-5-8-14(16)19)12-10-21-15-9-4-3-6-11(12)15/h3-9,12,17,20H,2,10H2,1H3. The van der Waals surface area contributed by atoms with E-state index in [-0.39, 0.29) is 11.5 Å². The molecule has 0 aliphatic carbocycles. The highest BCUT2D eigenvalue weighted by molar-refractivity contribution is 5.42. The molecule has 1 aliphatic heterocycles. The van der Waals surface area contributed by atoms with Crippen LogP contribution in [0.3, 0.4) is 0 Å². The molecule has 0 fully saturated rings. The molecule has 0 aromatic heterocycles. The van der Waals surface area contributed by atoms with Crippen LogP contribution in [0.5, 0.6) is 5.75 Å². The van der Waals surface area contributed by atoms with E-state index in [0.29, 0.717) is 13.2 Å². The number of ether oxygens (including phenoxy) is 1. The number of benzene rings is 2. The SMILES string of the molecule is CCNC(c1c(F)cccc1F)C1COc2ccccc21. The summed E-state index contributed by atoms with van der Waals surface area (Å²) in [6.07, 6.45) is 0. The minimum Gasteiger partial charge on any atom is -0.493 e. The smallest absolute Gasteiger partial charge is 0.130 e. The maximum Gasteiger partial charge on any atom is 0.130 e. The van der Waals surface area contributed by atoms with Gasteiger partial charge in [0.05, 0.1) is 6.61 Å². The third kappa shape index (κ3) is 2.51. The average Bonchev–Trinajstić information content (AvgIpc) is 2.90. The molecule has 0 saturated carbocycles. The molecular formula is C17H17F2NO. The lowest BCUT2D eigenvalue weighted by Gasteiger charge is -2.25. The van der Waals surface area contributed by atoms with Gasteiger partial charge in [-0.05, 0) is 24.7 Å². The summed E-state index contributed by atoms with van der Waals surface area (Å²) in [5.41, 5.74) is 1.08. The third-order valence-electron chi connectivity index (χ3n) is 3.87. The summed E-state index contributed by atoms with van der Waals surface area (Å²) in [5.74, 6) is -0.356. The lowest BCUT2D eigenvalue weighted by atomic mass is 9.88. The third-order valence-corrected chi connectivity index (χ3v) is 3.87. The molecule has 4 heteroatoms. The van der Waals surface area contributed by atoms with Gasteiger partial charge in [0.15, 0.2) is 0 Å². The number of fused-ring (bicyclic) bond motifs is 1. The molecule has 0 spiro atoms. The van der Waals surface area contributed by atoms with Crippen LogP contribution in [-0.2, 0) is 0 Å². The summed E-state index contributed by atoms with van der Waals surface area (Å²) < 4.78 is 33.9. The van der Waals surface area contributed by atoms with Crippen molar-refractivity contribution in [3.05, 3.63) is 65.2 Å². The zero-order valence-corrected chi connectivity index (χ0v) is 11.8. The number of likely N-dealkylation sites (N-methyl/N-ethyl adjacent to an activating group) is 1. The van der Waals surface area contributed by atoms with Crippen LogP contribution >= 0.6 is 0 Å². The Morgan fingerprint density at radius 2 is 1.86 bits per heavy atom. The minimum absolute atomic E-state index is 0.0876. The topological polar surface area (TPSA) is 21.3 Å². The Kier molecular flexibility index (Phi) is 3.88. The molecule has 1 heterocycles. The number of para-hydroxylation sites is 1. The fourth-order valence-electron chi connectivity index (χ4n) is 2.94. The van der Waals surface area contributed by atoms with Gasteiger partial charge in [0.1, 0.15) is 17.4 Å². The van der Waals surface area contributed by atoms with Crippen LogP contribution in [0.15, 0.2) is 42.5 Å². The summed E-state index contributed by atoms with van der Waals surface area (Å²) in [7, 11) is 0. The summed E-state index contributed by atoms with van der Waals surface area (Å²) in [6, 6.07) is 11.2. The number of hydrogen-bond acceptors (Lipinski definition) is 2. The monoisotopic (exact) mass is 289 g/mol. The van der Waals surface area contributed by atoms with Crippen molar-refractivity contribution in [2.75, 3.05) is 13.2 Å². The van der Waals surface area contributed by atoms with Gasteiger partial charge in [-0.1, -0.05) is 31.2 Å². The van der Waals surface area contributed by atoms with Crippen molar-refractivity contribution in [2.45, 2.75) is 18.9 Å². The van der Waals surface area contributed by atoms with Crippen molar-refractivity contribution in [1.29, 1.82) is 0 Å². The first-order valence-electron chi connectivity index (χ1n) is 7.11. The highest BCUT2D eigenvalue weighted by atomic mass is 19.1. The van der Waals surface area contributed by atoms with Crippen LogP contribution in [-0.4, -0.2) is 13.2 Å². The molecule has 0 bridgehead atoms. The molecular weight excluding hydrogens is 272 g/mol. The molecule has 0 radical (unpaired) electrons. The highest BCUT2D eigenvalue weighted by Crippen LogP contribution is 2.42. The van der Waals surface area contributed by atoms with Crippen molar-refractivity contribution in [1.82, 2.24) is 5.32 Å². The van der Waals surface area contributed by atoms with E-state index in [1.54, 1.807) is 0 Å². The van der Waals surface area contributed by atoms with Gasteiger partial charge in [0, 0.05) is 23.1 Å². The molecule has 2 nitrogen and oxygen atoms in total. The van der Waals surface area contributed by atoms with Crippen molar-refractivity contribution in [3.63, 3.8) is 0 Å². The van der Waals surface area contributed by atoms with E-state index in [4.69, 9.17) is 4.74 Å². The van der Waals surface area contributed by atoms with Crippen molar-refractivity contribution in [3.8, 4) is 5.75 Å². The van der Waals surface area contributed by atoms with Gasteiger partial charge in [0.2, 0.25) is 0 Å². The predicted molar refractivity (Wildman–Crippen MR) is 77.5 cm³/mol. The summed E-state index contributed by atoms with van der Waals surface area (Å²) in [6.45, 7) is 2.97. The van der Waals surface area contributed by atoms with E-state index in [0.717, 1.165) is 11.3 Å². The van der Waals surface area contributed by atoms with Crippen LogP contribution in [0.2, 0.25) is 0 Å². The second-order valence-electron chi connectivity index (χ2n) is 5.13. The Morgan fingerprint density at radius 3 is 2.57 bits per heavy atom. The van der Waals surface area contributed by atoms with Gasteiger partial charge in [-0.2, -0.15) is 0 Å². The Hall–Kier alpha value is -1.94. The second-order valence-corrected chi connectivity index (χ2v) is 5.13. The van der Waals surface area contributed by atoms with Gasteiger partial charge < -0.3 is 10.1 Å². The van der Waals surface area contributed by atoms with Crippen molar-refractivity contribution < 1.29 is 13.5 Å². The van der Waals surface area contributed by atoms with Gasteiger partial charge in [-0.3, -0.25) is 0 Å². The summed E-state index contributed by atoms with van der Waals surface area (Å²) in [4.78, 5) is 0. The molecule has 2 aromatic carbocycles. The number of hydrogen-bond donors (Lipinski definition) is 1. The van der Waals surface area contributed by atoms with Crippen molar-refractivity contribution >= 4 is 0 Å². The fraction of sp³-hybridized carbons (Fsp3) is 0.294. The molecule has 2 atom stereocenters. The molecule has 1 aliphatic rings. The Morgan fingerprint density at radius 1 is 1.14 bits per heavy atom. The summed E-state index contributed by atoms with van der Waals surface area (Å²) >= 11 is 0. The van der Waals surface area contributed by atoms with E-state index in [1.165, 1.54) is 18.2 Å². The molecule has 2 aromatic rings. The molecule has 1 N–H and O–H groups in total. The zero-order chi connectivity index (χ0) is 14.8. The van der Waals surface area contributed by atoms with E-state index in [2.05, 4.69) is 5.32 Å². The normalized spacial score (nSPS) is 18.1. The van der Waals surface area contributed by atoms with E-state index in [1.807, 2.05) is 31.2 Å². The molecule has 110 valence electrons. The van der Waals surface area contributed by atoms with Crippen LogP contribution in [0.4, 0.5) is 8.78 Å². The predicted octanol–water partition coefficient (Wildman–Crippen LogP) is 3.79. The molecule has 2 unspecified atom stereocenters. The van der Waals surface area contributed by atoms with E-state index >= 15 is 0 Å². The van der Waals surface area contributed by atoms with E-state index in [9.17, 15) is 8.78 Å². The first-order chi connectivity index (χ1) is 10.2. The van der Waals surface area contributed by atoms with Crippen LogP contribution in [0.1, 0.15) is 30.0 Å². The Labute approximate surface area is 122 Å². The number of rotatable bonds is 4. The summed E-state index contributed by atoms with van der Waals surface area (Å²) in [5, 5.41) is 3.20. The maximum absolute atomic E-state index is 14.1. The maximum atomic E-state index is 14.1. The minimum atomic E-state index is -0.523. The van der Waals surface area contributed by atoms with Gasteiger partial charge >= 0.3 is 0 Å². The van der Waals surface area contributed by atoms with Gasteiger partial charge in [-0.25, -0.2) is 8.78 Å².